The molecule has 0 aliphatic heterocycles. The molecular formula is C19H16N2O4. The third-order valence-corrected chi connectivity index (χ3v) is 3.73. The van der Waals surface area contributed by atoms with Gasteiger partial charge in [0.05, 0.1) is 23.7 Å². The Kier molecular flexibility index (Phi) is 4.70. The summed E-state index contributed by atoms with van der Waals surface area (Å²) in [5.74, 6) is -0.211. The summed E-state index contributed by atoms with van der Waals surface area (Å²) in [7, 11) is 1.55. The average Bonchev–Trinajstić information content (AvgIpc) is 2.67. The Morgan fingerprint density at radius 3 is 2.24 bits per heavy atom. The van der Waals surface area contributed by atoms with Crippen LogP contribution >= 0.6 is 0 Å². The fraction of sp³-hybridized carbons (Fsp3) is 0.158. The van der Waals surface area contributed by atoms with Gasteiger partial charge in [-0.2, -0.15) is 0 Å². The van der Waals surface area contributed by atoms with Gasteiger partial charge in [0.25, 0.3) is 0 Å². The Labute approximate surface area is 144 Å². The molecule has 0 bridgehead atoms. The predicted octanol–water partition coefficient (Wildman–Crippen LogP) is 3.07. The maximum Gasteiger partial charge on any atom is 0.338 e. The van der Waals surface area contributed by atoms with Crippen LogP contribution in [0.25, 0.3) is 11.0 Å². The molecule has 0 fully saturated rings. The fourth-order valence-electron chi connectivity index (χ4n) is 2.36. The Bertz CT molecular complexity index is 922. The van der Waals surface area contributed by atoms with Crippen molar-refractivity contribution in [3.63, 3.8) is 0 Å². The van der Waals surface area contributed by atoms with Crippen LogP contribution < -0.4 is 4.74 Å². The molecule has 1 aromatic heterocycles. The largest absolute Gasteiger partial charge is 0.497 e. The molecule has 0 saturated carbocycles. The van der Waals surface area contributed by atoms with Crippen molar-refractivity contribution in [2.24, 2.45) is 0 Å². The molecule has 0 N–H and O–H groups in total. The van der Waals surface area contributed by atoms with Crippen LogP contribution in [0.2, 0.25) is 0 Å². The second kappa shape index (κ2) is 7.09. The third kappa shape index (κ3) is 3.63. The molecule has 3 rings (SSSR count). The van der Waals surface area contributed by atoms with Crippen LogP contribution in [0.5, 0.6) is 5.75 Å². The van der Waals surface area contributed by atoms with E-state index < -0.39 is 12.1 Å². The number of hydrogen-bond acceptors (Lipinski definition) is 6. The van der Waals surface area contributed by atoms with E-state index in [0.717, 1.165) is 0 Å². The zero-order valence-electron chi connectivity index (χ0n) is 13.8. The van der Waals surface area contributed by atoms with E-state index in [-0.39, 0.29) is 5.78 Å². The lowest BCUT2D eigenvalue weighted by Crippen LogP contribution is -2.24. The summed E-state index contributed by atoms with van der Waals surface area (Å²) in [6, 6.07) is 11.5. The van der Waals surface area contributed by atoms with Gasteiger partial charge in [-0.3, -0.25) is 14.8 Å². The summed E-state index contributed by atoms with van der Waals surface area (Å²) in [5.41, 5.74) is 2.04. The van der Waals surface area contributed by atoms with E-state index in [2.05, 4.69) is 9.97 Å². The number of esters is 1. The molecule has 0 unspecified atom stereocenters. The first-order valence-corrected chi connectivity index (χ1v) is 7.68. The highest BCUT2D eigenvalue weighted by atomic mass is 16.5. The molecule has 6 nitrogen and oxygen atoms in total. The summed E-state index contributed by atoms with van der Waals surface area (Å²) in [6.07, 6.45) is 2.22. The molecule has 6 heteroatoms. The maximum absolute atomic E-state index is 12.4. The van der Waals surface area contributed by atoms with Crippen LogP contribution in [0.3, 0.4) is 0 Å². The van der Waals surface area contributed by atoms with Crippen LogP contribution in [0.1, 0.15) is 27.6 Å². The number of ketones is 1. The number of carbonyl (C=O) groups excluding carboxylic acids is 2. The molecule has 1 heterocycles. The van der Waals surface area contributed by atoms with Gasteiger partial charge in [-0.25, -0.2) is 4.79 Å². The highest BCUT2D eigenvalue weighted by Gasteiger charge is 2.20. The number of nitrogens with zero attached hydrogens (tertiary/aromatic N) is 2. The molecule has 25 heavy (non-hydrogen) atoms. The van der Waals surface area contributed by atoms with E-state index >= 15 is 0 Å². The molecule has 3 aromatic rings. The predicted molar refractivity (Wildman–Crippen MR) is 91.7 cm³/mol. The van der Waals surface area contributed by atoms with Gasteiger partial charge in [0.1, 0.15) is 5.75 Å². The van der Waals surface area contributed by atoms with Gasteiger partial charge in [-0.05, 0) is 49.4 Å². The van der Waals surface area contributed by atoms with E-state index in [1.165, 1.54) is 0 Å². The normalized spacial score (nSPS) is 11.8. The lowest BCUT2D eigenvalue weighted by Gasteiger charge is -2.13. The molecule has 0 radical (unpaired) electrons. The van der Waals surface area contributed by atoms with Crippen molar-refractivity contribution in [2.45, 2.75) is 13.0 Å². The first-order valence-electron chi connectivity index (χ1n) is 7.68. The Hall–Kier alpha value is -3.28. The van der Waals surface area contributed by atoms with Crippen molar-refractivity contribution < 1.29 is 19.1 Å². The number of rotatable bonds is 5. The van der Waals surface area contributed by atoms with Crippen molar-refractivity contribution in [1.82, 2.24) is 9.97 Å². The van der Waals surface area contributed by atoms with Crippen LogP contribution in [0.4, 0.5) is 0 Å². The van der Waals surface area contributed by atoms with E-state index in [9.17, 15) is 9.59 Å². The first-order chi connectivity index (χ1) is 12.1. The summed E-state index contributed by atoms with van der Waals surface area (Å²) in [4.78, 5) is 33.0. The van der Waals surface area contributed by atoms with Crippen LogP contribution in [0, 0.1) is 0 Å². The molecule has 0 amide bonds. The van der Waals surface area contributed by atoms with E-state index in [0.29, 0.717) is 27.9 Å². The number of hydrogen-bond donors (Lipinski definition) is 0. The van der Waals surface area contributed by atoms with E-state index in [1.54, 1.807) is 68.9 Å². The highest BCUT2D eigenvalue weighted by molar-refractivity contribution is 6.02. The Balaban J connectivity index is 1.72. The maximum atomic E-state index is 12.4. The number of aromatic nitrogens is 2. The Morgan fingerprint density at radius 1 is 0.920 bits per heavy atom. The molecule has 2 aromatic carbocycles. The van der Waals surface area contributed by atoms with Gasteiger partial charge in [-0.15, -0.1) is 0 Å². The molecule has 0 aliphatic rings. The van der Waals surface area contributed by atoms with Gasteiger partial charge >= 0.3 is 5.97 Å². The highest BCUT2D eigenvalue weighted by Crippen LogP contribution is 2.16. The zero-order valence-corrected chi connectivity index (χ0v) is 13.8. The minimum absolute atomic E-state index is 0.281. The zero-order chi connectivity index (χ0) is 17.8. The van der Waals surface area contributed by atoms with Crippen molar-refractivity contribution in [3.05, 3.63) is 66.0 Å². The number of Topliss-reactive ketones (excluding diaryl/α,β-unsaturated/α-hetero) is 1. The summed E-state index contributed by atoms with van der Waals surface area (Å²) < 4.78 is 10.3. The van der Waals surface area contributed by atoms with E-state index in [4.69, 9.17) is 9.47 Å². The molecule has 0 saturated heterocycles. The number of ether oxygens (including phenoxy) is 2. The standard InChI is InChI=1S/C19H16N2O4/c1-12(18(22)13-3-6-15(24-2)7-4-13)25-19(23)14-5-8-16-17(11-14)21-10-9-20-16/h3-12H,1-2H3/t12-/m0/s1. The monoisotopic (exact) mass is 336 g/mol. The van der Waals surface area contributed by atoms with Crippen molar-refractivity contribution >= 4 is 22.8 Å². The molecule has 0 aliphatic carbocycles. The van der Waals surface area contributed by atoms with Gasteiger partial charge in [0.2, 0.25) is 5.78 Å². The number of benzene rings is 2. The number of methoxy groups -OCH3 is 1. The fourth-order valence-corrected chi connectivity index (χ4v) is 2.36. The summed E-state index contributed by atoms with van der Waals surface area (Å²) >= 11 is 0. The minimum atomic E-state index is -0.904. The SMILES string of the molecule is COc1ccc(C(=O)[C@H](C)OC(=O)c2ccc3nccnc3c2)cc1. The van der Waals surface area contributed by atoms with Crippen LogP contribution in [0.15, 0.2) is 54.9 Å². The van der Waals surface area contributed by atoms with Gasteiger partial charge < -0.3 is 9.47 Å². The lowest BCUT2D eigenvalue weighted by atomic mass is 10.1. The molecular weight excluding hydrogens is 320 g/mol. The number of fused-ring (bicyclic) bond motifs is 1. The Morgan fingerprint density at radius 2 is 1.56 bits per heavy atom. The van der Waals surface area contributed by atoms with Gasteiger partial charge in [0, 0.05) is 18.0 Å². The average molecular weight is 336 g/mol. The molecule has 126 valence electrons. The minimum Gasteiger partial charge on any atom is -0.497 e. The second-order valence-corrected chi connectivity index (χ2v) is 5.40. The smallest absolute Gasteiger partial charge is 0.338 e. The van der Waals surface area contributed by atoms with Gasteiger partial charge in [0.15, 0.2) is 6.10 Å². The molecule has 0 spiro atoms. The van der Waals surface area contributed by atoms with Crippen molar-refractivity contribution in [3.8, 4) is 5.75 Å². The van der Waals surface area contributed by atoms with Crippen LogP contribution in [-0.2, 0) is 4.74 Å². The summed E-state index contributed by atoms with van der Waals surface area (Å²) in [6.45, 7) is 1.55. The second-order valence-electron chi connectivity index (χ2n) is 5.40. The quantitative estimate of drug-likeness (QED) is 0.526. The first kappa shape index (κ1) is 16.6. The van der Waals surface area contributed by atoms with E-state index in [1.807, 2.05) is 0 Å². The third-order valence-electron chi connectivity index (χ3n) is 3.73. The van der Waals surface area contributed by atoms with Gasteiger partial charge in [-0.1, -0.05) is 0 Å². The van der Waals surface area contributed by atoms with Crippen LogP contribution in [-0.4, -0.2) is 34.9 Å². The van der Waals surface area contributed by atoms with Crippen molar-refractivity contribution in [2.75, 3.05) is 7.11 Å². The summed E-state index contributed by atoms with van der Waals surface area (Å²) in [5, 5.41) is 0. The lowest BCUT2D eigenvalue weighted by molar-refractivity contribution is 0.0319. The molecule has 1 atom stereocenters. The topological polar surface area (TPSA) is 78.4 Å². The van der Waals surface area contributed by atoms with Crippen molar-refractivity contribution in [1.29, 1.82) is 0 Å². The number of carbonyl (C=O) groups is 2.